The maximum Gasteiger partial charge on any atom is 0.351 e. The van der Waals surface area contributed by atoms with Crippen LogP contribution in [0.3, 0.4) is 0 Å². The molecular weight excluding hydrogens is 450 g/mol. The average Bonchev–Trinajstić information content (AvgIpc) is 3.01. The lowest BCUT2D eigenvalue weighted by molar-refractivity contribution is -0.138. The number of carbonyl (C=O) groups excluding carboxylic acids is 2. The van der Waals surface area contributed by atoms with Crippen LogP contribution >= 0.6 is 35.0 Å². The molecule has 0 radical (unpaired) electrons. The van der Waals surface area contributed by atoms with Crippen LogP contribution < -0.4 is 4.90 Å². The highest BCUT2D eigenvalue weighted by Crippen LogP contribution is 2.42. The highest BCUT2D eigenvalue weighted by atomic mass is 35.5. The van der Waals surface area contributed by atoms with E-state index in [0.29, 0.717) is 21.3 Å². The molecule has 2 aromatic rings. The van der Waals surface area contributed by atoms with Crippen LogP contribution in [0.4, 0.5) is 10.1 Å². The van der Waals surface area contributed by atoms with Crippen LogP contribution in [0, 0.1) is 17.1 Å². The van der Waals surface area contributed by atoms with Crippen molar-refractivity contribution in [2.75, 3.05) is 11.5 Å². The molecule has 0 N–H and O–H groups in total. The number of esters is 1. The number of ether oxygens (including phenoxy) is 1. The number of carbonyl (C=O) groups is 2. The minimum absolute atomic E-state index is 0.0796. The van der Waals surface area contributed by atoms with E-state index in [1.807, 2.05) is 6.07 Å². The Kier molecular flexibility index (Phi) is 7.03. The third kappa shape index (κ3) is 4.62. The summed E-state index contributed by atoms with van der Waals surface area (Å²) < 4.78 is 18.4. The molecular formula is C21H15Cl2FN2O3S. The van der Waals surface area contributed by atoms with Crippen molar-refractivity contribution >= 4 is 52.5 Å². The van der Waals surface area contributed by atoms with Crippen molar-refractivity contribution in [3.05, 3.63) is 74.5 Å². The minimum Gasteiger partial charge on any atom is -0.462 e. The highest BCUT2D eigenvalue weighted by molar-refractivity contribution is 8.05. The van der Waals surface area contributed by atoms with Crippen molar-refractivity contribution in [1.29, 1.82) is 5.26 Å². The molecule has 154 valence electrons. The zero-order chi connectivity index (χ0) is 21.8. The Balaban J connectivity index is 2.04. The van der Waals surface area contributed by atoms with E-state index in [1.165, 1.54) is 29.2 Å². The third-order valence-electron chi connectivity index (χ3n) is 4.26. The summed E-state index contributed by atoms with van der Waals surface area (Å²) in [4.78, 5) is 26.8. The molecule has 9 heteroatoms. The number of nitrogens with zero attached hydrogens (tertiary/aromatic N) is 2. The lowest BCUT2D eigenvalue weighted by Crippen LogP contribution is -2.30. The topological polar surface area (TPSA) is 70.4 Å². The Hall–Kier alpha value is -2.53. The zero-order valence-corrected chi connectivity index (χ0v) is 18.0. The summed E-state index contributed by atoms with van der Waals surface area (Å²) in [6, 6.07) is 12.0. The summed E-state index contributed by atoms with van der Waals surface area (Å²) in [6.45, 7) is 1.70. The lowest BCUT2D eigenvalue weighted by Gasteiger charge is -2.18. The van der Waals surface area contributed by atoms with Crippen LogP contribution in [0.25, 0.3) is 0 Å². The van der Waals surface area contributed by atoms with Crippen molar-refractivity contribution in [1.82, 2.24) is 0 Å². The van der Waals surface area contributed by atoms with Gasteiger partial charge in [0.25, 0.3) is 0 Å². The number of hydrogen-bond acceptors (Lipinski definition) is 5. The fourth-order valence-electron chi connectivity index (χ4n) is 2.89. The number of anilines is 1. The number of hydrogen-bond donors (Lipinski definition) is 0. The normalized spacial score (nSPS) is 17.6. The molecule has 0 saturated carbocycles. The van der Waals surface area contributed by atoms with Gasteiger partial charge in [-0.15, -0.1) is 0 Å². The second kappa shape index (κ2) is 9.52. The molecule has 1 fully saturated rings. The van der Waals surface area contributed by atoms with Crippen LogP contribution in [0.1, 0.15) is 12.5 Å². The molecule has 1 saturated heterocycles. The monoisotopic (exact) mass is 464 g/mol. The molecule has 2 aromatic carbocycles. The quantitative estimate of drug-likeness (QED) is 0.348. The van der Waals surface area contributed by atoms with E-state index in [1.54, 1.807) is 25.1 Å². The number of benzene rings is 2. The Morgan fingerprint density at radius 1 is 1.27 bits per heavy atom. The van der Waals surface area contributed by atoms with Gasteiger partial charge in [-0.25, -0.2) is 9.18 Å². The Morgan fingerprint density at radius 3 is 2.57 bits per heavy atom. The van der Waals surface area contributed by atoms with Crippen LogP contribution in [0.2, 0.25) is 10.0 Å². The van der Waals surface area contributed by atoms with Crippen molar-refractivity contribution < 1.29 is 18.7 Å². The first-order valence-electron chi connectivity index (χ1n) is 8.87. The number of rotatable bonds is 5. The highest BCUT2D eigenvalue weighted by Gasteiger charge is 2.41. The van der Waals surface area contributed by atoms with Gasteiger partial charge in [-0.1, -0.05) is 41.0 Å². The summed E-state index contributed by atoms with van der Waals surface area (Å²) in [5.41, 5.74) is 0.747. The maximum absolute atomic E-state index is 13.4. The van der Waals surface area contributed by atoms with Crippen molar-refractivity contribution in [2.24, 2.45) is 0 Å². The minimum atomic E-state index is -0.826. The van der Waals surface area contributed by atoms with Gasteiger partial charge in [-0.05, 0) is 55.3 Å². The molecule has 0 aliphatic carbocycles. The predicted octanol–water partition coefficient (Wildman–Crippen LogP) is 5.12. The molecule has 1 atom stereocenters. The van der Waals surface area contributed by atoms with E-state index in [-0.39, 0.29) is 29.5 Å². The van der Waals surface area contributed by atoms with Gasteiger partial charge in [0.1, 0.15) is 16.9 Å². The molecule has 0 aromatic heterocycles. The molecule has 30 heavy (non-hydrogen) atoms. The molecule has 3 rings (SSSR count). The van der Waals surface area contributed by atoms with Gasteiger partial charge in [-0.2, -0.15) is 5.26 Å². The van der Waals surface area contributed by atoms with Gasteiger partial charge >= 0.3 is 5.97 Å². The molecule has 0 bridgehead atoms. The van der Waals surface area contributed by atoms with E-state index < -0.39 is 17.0 Å². The molecule has 1 amide bonds. The summed E-state index contributed by atoms with van der Waals surface area (Å²) >= 11 is 13.2. The third-order valence-corrected chi connectivity index (χ3v) is 6.11. The van der Waals surface area contributed by atoms with Gasteiger partial charge < -0.3 is 4.74 Å². The summed E-state index contributed by atoms with van der Waals surface area (Å²) in [7, 11) is 0. The molecule has 1 aliphatic rings. The zero-order valence-electron chi connectivity index (χ0n) is 15.7. The fraction of sp³-hybridized carbons (Fsp3) is 0.190. The molecule has 1 heterocycles. The standard InChI is InChI=1S/C21H15Cl2FN2O3S/c1-2-29-21(28)16(11-25)20-26(15-7-5-14(24)6-8-15)19(27)18(30-20)9-12-3-4-13(22)10-17(12)23/h3-8,10,18H,2,9H2,1H3/b20-16-. The second-order valence-electron chi connectivity index (χ2n) is 6.21. The van der Waals surface area contributed by atoms with E-state index in [0.717, 1.165) is 11.8 Å². The lowest BCUT2D eigenvalue weighted by atomic mass is 10.1. The SMILES string of the molecule is CCOC(=O)/C(C#N)=C1\SC(Cc2ccc(Cl)cc2Cl)C(=O)N1c1ccc(F)cc1. The van der Waals surface area contributed by atoms with E-state index in [4.69, 9.17) is 27.9 Å². The van der Waals surface area contributed by atoms with E-state index >= 15 is 0 Å². The van der Waals surface area contributed by atoms with Crippen LogP contribution in [-0.2, 0) is 20.7 Å². The number of halogens is 3. The van der Waals surface area contributed by atoms with Gasteiger partial charge in [0, 0.05) is 15.7 Å². The number of thioether (sulfide) groups is 1. The smallest absolute Gasteiger partial charge is 0.351 e. The Labute approximate surface area is 187 Å². The second-order valence-corrected chi connectivity index (χ2v) is 8.24. The largest absolute Gasteiger partial charge is 0.462 e. The summed E-state index contributed by atoms with van der Waals surface area (Å²) in [5.74, 6) is -1.66. The summed E-state index contributed by atoms with van der Waals surface area (Å²) in [5, 5.41) is 9.94. The number of amides is 1. The predicted molar refractivity (Wildman–Crippen MR) is 115 cm³/mol. The van der Waals surface area contributed by atoms with Crippen molar-refractivity contribution in [3.8, 4) is 6.07 Å². The Bertz CT molecular complexity index is 1070. The summed E-state index contributed by atoms with van der Waals surface area (Å²) in [6.07, 6.45) is 0.252. The first-order valence-corrected chi connectivity index (χ1v) is 10.5. The van der Waals surface area contributed by atoms with E-state index in [9.17, 15) is 19.2 Å². The van der Waals surface area contributed by atoms with Crippen LogP contribution in [0.5, 0.6) is 0 Å². The fourth-order valence-corrected chi connectivity index (χ4v) is 4.66. The molecule has 5 nitrogen and oxygen atoms in total. The van der Waals surface area contributed by atoms with Gasteiger partial charge in [0.05, 0.1) is 11.9 Å². The first kappa shape index (κ1) is 22.2. The van der Waals surface area contributed by atoms with Crippen LogP contribution in [0.15, 0.2) is 53.1 Å². The molecule has 1 unspecified atom stereocenters. The van der Waals surface area contributed by atoms with Gasteiger partial charge in [-0.3, -0.25) is 9.69 Å². The molecule has 0 spiro atoms. The average molecular weight is 465 g/mol. The molecule has 1 aliphatic heterocycles. The van der Waals surface area contributed by atoms with Gasteiger partial charge in [0.15, 0.2) is 5.57 Å². The van der Waals surface area contributed by atoms with Crippen molar-refractivity contribution in [2.45, 2.75) is 18.6 Å². The van der Waals surface area contributed by atoms with E-state index in [2.05, 4.69) is 0 Å². The van der Waals surface area contributed by atoms with Crippen molar-refractivity contribution in [3.63, 3.8) is 0 Å². The Morgan fingerprint density at radius 2 is 1.97 bits per heavy atom. The van der Waals surface area contributed by atoms with Gasteiger partial charge in [0.2, 0.25) is 5.91 Å². The first-order chi connectivity index (χ1) is 14.3. The number of nitriles is 1. The van der Waals surface area contributed by atoms with Crippen LogP contribution in [-0.4, -0.2) is 23.7 Å². The maximum atomic E-state index is 13.4.